The number of rotatable bonds is 3. The molecule has 0 radical (unpaired) electrons. The first-order valence-electron chi connectivity index (χ1n) is 5.49. The molecule has 1 N–H and O–H groups in total. The quantitative estimate of drug-likeness (QED) is 0.929. The number of halogens is 1. The fourth-order valence-electron chi connectivity index (χ4n) is 1.42. The molecule has 0 aliphatic heterocycles. The van der Waals surface area contributed by atoms with Crippen molar-refractivity contribution >= 4 is 27.5 Å². The van der Waals surface area contributed by atoms with Crippen molar-refractivity contribution in [2.45, 2.75) is 11.9 Å². The van der Waals surface area contributed by atoms with Gasteiger partial charge in [-0.1, -0.05) is 11.6 Å². The summed E-state index contributed by atoms with van der Waals surface area (Å²) in [5.74, 6) is -0.816. The van der Waals surface area contributed by atoms with Crippen LogP contribution >= 0.6 is 11.6 Å². The van der Waals surface area contributed by atoms with Gasteiger partial charge in [-0.15, -0.1) is 0 Å². The standard InChI is InChI=1S/C12H10ClN3O3S/c1-8-2-3-15-11(4-8)20(18,19)16-12(17)9-5-10(13)7-14-6-9/h2-7H,1H3,(H,16,17). The van der Waals surface area contributed by atoms with E-state index in [4.69, 9.17) is 11.6 Å². The molecule has 6 nitrogen and oxygen atoms in total. The molecule has 0 unspecified atom stereocenters. The third-order valence-electron chi connectivity index (χ3n) is 2.36. The van der Waals surface area contributed by atoms with Crippen LogP contribution in [0.25, 0.3) is 0 Å². The minimum atomic E-state index is -4.02. The average Bonchev–Trinajstić information content (AvgIpc) is 2.38. The Bertz CT molecular complexity index is 762. The van der Waals surface area contributed by atoms with E-state index in [1.54, 1.807) is 13.0 Å². The maximum Gasteiger partial charge on any atom is 0.281 e. The van der Waals surface area contributed by atoms with Gasteiger partial charge in [0, 0.05) is 18.6 Å². The number of sulfonamides is 1. The molecule has 0 bridgehead atoms. The summed E-state index contributed by atoms with van der Waals surface area (Å²) in [5.41, 5.74) is 0.769. The molecule has 0 atom stereocenters. The number of hydrogen-bond acceptors (Lipinski definition) is 5. The van der Waals surface area contributed by atoms with Crippen molar-refractivity contribution < 1.29 is 13.2 Å². The van der Waals surface area contributed by atoms with Crippen molar-refractivity contribution in [3.8, 4) is 0 Å². The van der Waals surface area contributed by atoms with Crippen molar-refractivity contribution in [2.75, 3.05) is 0 Å². The zero-order valence-electron chi connectivity index (χ0n) is 10.4. The Morgan fingerprint density at radius 1 is 1.30 bits per heavy atom. The summed E-state index contributed by atoms with van der Waals surface area (Å²) in [5, 5.41) is 0.0181. The highest BCUT2D eigenvalue weighted by atomic mass is 35.5. The zero-order valence-corrected chi connectivity index (χ0v) is 11.9. The van der Waals surface area contributed by atoms with Crippen LogP contribution in [0.4, 0.5) is 0 Å². The molecule has 0 aromatic carbocycles. The maximum atomic E-state index is 12.0. The summed E-state index contributed by atoms with van der Waals surface area (Å²) in [6, 6.07) is 4.34. The van der Waals surface area contributed by atoms with Crippen LogP contribution in [0.3, 0.4) is 0 Å². The molecule has 2 aromatic heterocycles. The number of hydrogen-bond donors (Lipinski definition) is 1. The summed E-state index contributed by atoms with van der Waals surface area (Å²) >= 11 is 5.69. The van der Waals surface area contributed by atoms with E-state index < -0.39 is 15.9 Å². The number of pyridine rings is 2. The molecule has 0 saturated heterocycles. The smallest absolute Gasteiger partial charge is 0.268 e. The maximum absolute atomic E-state index is 12.0. The van der Waals surface area contributed by atoms with Crippen LogP contribution < -0.4 is 4.72 Å². The van der Waals surface area contributed by atoms with Crippen LogP contribution in [0.15, 0.2) is 41.8 Å². The minimum absolute atomic E-state index is 0.0497. The molecule has 0 aliphatic carbocycles. The van der Waals surface area contributed by atoms with E-state index in [-0.39, 0.29) is 15.6 Å². The summed E-state index contributed by atoms with van der Waals surface area (Å²) in [4.78, 5) is 19.3. The fraction of sp³-hybridized carbons (Fsp3) is 0.0833. The number of carbonyl (C=O) groups excluding carboxylic acids is 1. The molecule has 0 saturated carbocycles. The Labute approximate surface area is 120 Å². The predicted octanol–water partition coefficient (Wildman–Crippen LogP) is 1.56. The van der Waals surface area contributed by atoms with Crippen molar-refractivity contribution in [1.29, 1.82) is 0 Å². The third-order valence-corrected chi connectivity index (χ3v) is 3.79. The summed E-state index contributed by atoms with van der Waals surface area (Å²) < 4.78 is 25.9. The largest absolute Gasteiger partial charge is 0.281 e. The van der Waals surface area contributed by atoms with Gasteiger partial charge in [0.2, 0.25) is 0 Å². The lowest BCUT2D eigenvalue weighted by Gasteiger charge is -2.06. The number of amides is 1. The number of nitrogens with zero attached hydrogens (tertiary/aromatic N) is 2. The second-order valence-electron chi connectivity index (χ2n) is 4.00. The SMILES string of the molecule is Cc1ccnc(S(=O)(=O)NC(=O)c2cncc(Cl)c2)c1. The van der Waals surface area contributed by atoms with Crippen LogP contribution in [0.5, 0.6) is 0 Å². The van der Waals surface area contributed by atoms with E-state index >= 15 is 0 Å². The molecule has 20 heavy (non-hydrogen) atoms. The molecular formula is C12H10ClN3O3S. The molecule has 2 heterocycles. The Morgan fingerprint density at radius 3 is 2.70 bits per heavy atom. The molecule has 2 aromatic rings. The van der Waals surface area contributed by atoms with E-state index in [0.717, 1.165) is 5.56 Å². The lowest BCUT2D eigenvalue weighted by Crippen LogP contribution is -2.31. The Kier molecular flexibility index (Phi) is 4.01. The Morgan fingerprint density at radius 2 is 2.05 bits per heavy atom. The summed E-state index contributed by atoms with van der Waals surface area (Å²) in [6.45, 7) is 1.73. The van der Waals surface area contributed by atoms with Crippen LogP contribution in [-0.2, 0) is 10.0 Å². The number of aryl methyl sites for hydroxylation is 1. The van der Waals surface area contributed by atoms with Gasteiger partial charge in [-0.25, -0.2) is 9.71 Å². The molecule has 0 aliphatic rings. The van der Waals surface area contributed by atoms with E-state index in [0.29, 0.717) is 0 Å². The van der Waals surface area contributed by atoms with Crippen molar-refractivity contribution in [2.24, 2.45) is 0 Å². The van der Waals surface area contributed by atoms with Gasteiger partial charge in [0.05, 0.1) is 10.6 Å². The molecular weight excluding hydrogens is 302 g/mol. The van der Waals surface area contributed by atoms with Gasteiger partial charge >= 0.3 is 0 Å². The Hall–Kier alpha value is -1.99. The van der Waals surface area contributed by atoms with E-state index in [1.807, 2.05) is 4.72 Å². The van der Waals surface area contributed by atoms with Crippen LogP contribution in [0, 0.1) is 6.92 Å². The number of nitrogens with one attached hydrogen (secondary N) is 1. The second kappa shape index (κ2) is 5.56. The van der Waals surface area contributed by atoms with E-state index in [2.05, 4.69) is 9.97 Å². The summed E-state index contributed by atoms with van der Waals surface area (Å²) in [6.07, 6.45) is 3.92. The van der Waals surface area contributed by atoms with Crippen LogP contribution in [-0.4, -0.2) is 24.3 Å². The second-order valence-corrected chi connectivity index (χ2v) is 6.06. The van der Waals surface area contributed by atoms with Gasteiger partial charge < -0.3 is 0 Å². The highest BCUT2D eigenvalue weighted by Gasteiger charge is 2.20. The monoisotopic (exact) mass is 311 g/mol. The topological polar surface area (TPSA) is 89.0 Å². The third kappa shape index (κ3) is 3.31. The lowest BCUT2D eigenvalue weighted by atomic mass is 10.3. The van der Waals surface area contributed by atoms with Crippen LogP contribution in [0.2, 0.25) is 5.02 Å². The van der Waals surface area contributed by atoms with Crippen molar-refractivity contribution in [3.05, 3.63) is 52.9 Å². The Balaban J connectivity index is 2.27. The molecule has 0 fully saturated rings. The molecule has 2 rings (SSSR count). The molecule has 104 valence electrons. The first-order chi connectivity index (χ1) is 9.38. The lowest BCUT2D eigenvalue weighted by molar-refractivity contribution is 0.0981. The zero-order chi connectivity index (χ0) is 14.8. The van der Waals surface area contributed by atoms with Gasteiger partial charge in [-0.3, -0.25) is 9.78 Å². The van der Waals surface area contributed by atoms with Gasteiger partial charge in [-0.2, -0.15) is 8.42 Å². The fourth-order valence-corrected chi connectivity index (χ4v) is 2.61. The number of aromatic nitrogens is 2. The average molecular weight is 312 g/mol. The highest BCUT2D eigenvalue weighted by molar-refractivity contribution is 7.90. The van der Waals surface area contributed by atoms with Gasteiger partial charge in [-0.05, 0) is 30.7 Å². The van der Waals surface area contributed by atoms with Crippen molar-refractivity contribution in [3.63, 3.8) is 0 Å². The highest BCUT2D eigenvalue weighted by Crippen LogP contribution is 2.11. The van der Waals surface area contributed by atoms with Crippen molar-refractivity contribution in [1.82, 2.24) is 14.7 Å². The first-order valence-corrected chi connectivity index (χ1v) is 7.35. The predicted molar refractivity (Wildman–Crippen MR) is 72.9 cm³/mol. The molecule has 1 amide bonds. The van der Waals surface area contributed by atoms with Gasteiger partial charge in [0.25, 0.3) is 15.9 Å². The normalized spacial score (nSPS) is 11.1. The minimum Gasteiger partial charge on any atom is -0.268 e. The van der Waals surface area contributed by atoms with E-state index in [1.165, 1.54) is 30.7 Å². The summed E-state index contributed by atoms with van der Waals surface area (Å²) in [7, 11) is -4.02. The van der Waals surface area contributed by atoms with Gasteiger partial charge in [0.1, 0.15) is 0 Å². The van der Waals surface area contributed by atoms with Gasteiger partial charge in [0.15, 0.2) is 5.03 Å². The van der Waals surface area contributed by atoms with E-state index in [9.17, 15) is 13.2 Å². The molecule has 0 spiro atoms. The first kappa shape index (κ1) is 14.4. The molecule has 8 heteroatoms. The number of carbonyl (C=O) groups is 1. The van der Waals surface area contributed by atoms with Crippen LogP contribution in [0.1, 0.15) is 15.9 Å².